The molecule has 4 heteroatoms. The minimum atomic E-state index is 0.305. The lowest BCUT2D eigenvalue weighted by Crippen LogP contribution is -2.32. The predicted octanol–water partition coefficient (Wildman–Crippen LogP) is 2.81. The SMILES string of the molecule is CCC(CC)(CNc1ncccn1)SC. The van der Waals surface area contributed by atoms with Crippen LogP contribution in [0.2, 0.25) is 0 Å². The molecule has 0 saturated carbocycles. The van der Waals surface area contributed by atoms with Crippen molar-refractivity contribution in [3.63, 3.8) is 0 Å². The first-order valence-corrected chi connectivity index (χ1v) is 6.55. The molecule has 0 aliphatic rings. The molecule has 3 nitrogen and oxygen atoms in total. The highest BCUT2D eigenvalue weighted by molar-refractivity contribution is 8.00. The quantitative estimate of drug-likeness (QED) is 0.808. The number of thioether (sulfide) groups is 1. The average Bonchev–Trinajstić information content (AvgIpc) is 2.33. The summed E-state index contributed by atoms with van der Waals surface area (Å²) in [4.78, 5) is 8.31. The molecule has 1 rings (SSSR count). The van der Waals surface area contributed by atoms with Crippen LogP contribution >= 0.6 is 11.8 Å². The lowest BCUT2D eigenvalue weighted by Gasteiger charge is -2.29. The molecule has 0 aliphatic heterocycles. The van der Waals surface area contributed by atoms with Crippen molar-refractivity contribution in [2.75, 3.05) is 18.1 Å². The van der Waals surface area contributed by atoms with Gasteiger partial charge in [0.05, 0.1) is 0 Å². The molecule has 0 saturated heterocycles. The van der Waals surface area contributed by atoms with Gasteiger partial charge in [0.2, 0.25) is 5.95 Å². The van der Waals surface area contributed by atoms with E-state index >= 15 is 0 Å². The first-order chi connectivity index (χ1) is 7.26. The van der Waals surface area contributed by atoms with Gasteiger partial charge in [-0.05, 0) is 25.2 Å². The van der Waals surface area contributed by atoms with Crippen molar-refractivity contribution in [2.24, 2.45) is 0 Å². The molecule has 0 bridgehead atoms. The Labute approximate surface area is 96.1 Å². The largest absolute Gasteiger partial charge is 0.353 e. The van der Waals surface area contributed by atoms with Crippen LogP contribution in [-0.2, 0) is 0 Å². The fourth-order valence-corrected chi connectivity index (χ4v) is 2.29. The second-order valence-corrected chi connectivity index (χ2v) is 4.79. The number of nitrogens with zero attached hydrogens (tertiary/aromatic N) is 2. The number of rotatable bonds is 6. The Morgan fingerprint density at radius 1 is 1.27 bits per heavy atom. The summed E-state index contributed by atoms with van der Waals surface area (Å²) in [7, 11) is 0. The summed E-state index contributed by atoms with van der Waals surface area (Å²) in [6.07, 6.45) is 8.00. The van der Waals surface area contributed by atoms with Crippen LogP contribution in [0, 0.1) is 0 Å². The van der Waals surface area contributed by atoms with Crippen molar-refractivity contribution in [2.45, 2.75) is 31.4 Å². The first kappa shape index (κ1) is 12.3. The summed E-state index contributed by atoms with van der Waals surface area (Å²) < 4.78 is 0.305. The predicted molar refractivity (Wildman–Crippen MR) is 67.3 cm³/mol. The fourth-order valence-electron chi connectivity index (χ4n) is 1.49. The van der Waals surface area contributed by atoms with E-state index in [-0.39, 0.29) is 0 Å². The van der Waals surface area contributed by atoms with Crippen molar-refractivity contribution < 1.29 is 0 Å². The summed E-state index contributed by atoms with van der Waals surface area (Å²) in [5.41, 5.74) is 0. The molecule has 0 unspecified atom stereocenters. The van der Waals surface area contributed by atoms with E-state index in [0.717, 1.165) is 25.3 Å². The van der Waals surface area contributed by atoms with Gasteiger partial charge in [0, 0.05) is 23.7 Å². The molecule has 1 heterocycles. The van der Waals surface area contributed by atoms with Crippen molar-refractivity contribution in [1.29, 1.82) is 0 Å². The number of aromatic nitrogens is 2. The Morgan fingerprint density at radius 3 is 2.33 bits per heavy atom. The summed E-state index contributed by atoms with van der Waals surface area (Å²) in [5, 5.41) is 3.30. The third-order valence-corrected chi connectivity index (χ3v) is 4.44. The standard InChI is InChI=1S/C11H19N3S/c1-4-11(5-2,15-3)9-14-10-12-7-6-8-13-10/h6-8H,4-5,9H2,1-3H3,(H,12,13,14). The summed E-state index contributed by atoms with van der Waals surface area (Å²) in [6, 6.07) is 1.83. The maximum Gasteiger partial charge on any atom is 0.222 e. The maximum absolute atomic E-state index is 4.15. The molecule has 0 fully saturated rings. The van der Waals surface area contributed by atoms with Gasteiger partial charge in [-0.3, -0.25) is 0 Å². The van der Waals surface area contributed by atoms with Crippen molar-refractivity contribution in [1.82, 2.24) is 9.97 Å². The van der Waals surface area contributed by atoms with Gasteiger partial charge in [0.25, 0.3) is 0 Å². The highest BCUT2D eigenvalue weighted by Gasteiger charge is 2.24. The smallest absolute Gasteiger partial charge is 0.222 e. The van der Waals surface area contributed by atoms with Gasteiger partial charge in [-0.25, -0.2) is 9.97 Å². The molecule has 84 valence electrons. The van der Waals surface area contributed by atoms with Crippen LogP contribution in [0.3, 0.4) is 0 Å². The summed E-state index contributed by atoms with van der Waals surface area (Å²) >= 11 is 1.92. The van der Waals surface area contributed by atoms with E-state index < -0.39 is 0 Å². The molecule has 1 aromatic rings. The Bertz CT molecular complexity index is 264. The van der Waals surface area contributed by atoms with E-state index in [2.05, 4.69) is 35.4 Å². The van der Waals surface area contributed by atoms with Gasteiger partial charge in [-0.2, -0.15) is 11.8 Å². The van der Waals surface area contributed by atoms with E-state index in [1.54, 1.807) is 12.4 Å². The molecule has 0 aliphatic carbocycles. The van der Waals surface area contributed by atoms with Gasteiger partial charge in [-0.15, -0.1) is 0 Å². The number of anilines is 1. The van der Waals surface area contributed by atoms with Gasteiger partial charge in [0.1, 0.15) is 0 Å². The minimum Gasteiger partial charge on any atom is -0.353 e. The molecule has 1 N–H and O–H groups in total. The first-order valence-electron chi connectivity index (χ1n) is 5.32. The van der Waals surface area contributed by atoms with E-state index in [4.69, 9.17) is 0 Å². The van der Waals surface area contributed by atoms with Crippen LogP contribution < -0.4 is 5.32 Å². The maximum atomic E-state index is 4.15. The minimum absolute atomic E-state index is 0.305. The van der Waals surface area contributed by atoms with E-state index in [1.807, 2.05) is 17.8 Å². The number of hydrogen-bond donors (Lipinski definition) is 1. The zero-order valence-electron chi connectivity index (χ0n) is 9.66. The van der Waals surface area contributed by atoms with Crippen molar-refractivity contribution in [3.05, 3.63) is 18.5 Å². The lowest BCUT2D eigenvalue weighted by molar-refractivity contribution is 0.573. The molecule has 0 amide bonds. The zero-order valence-corrected chi connectivity index (χ0v) is 10.5. The van der Waals surface area contributed by atoms with Crippen molar-refractivity contribution >= 4 is 17.7 Å². The number of nitrogens with one attached hydrogen (secondary N) is 1. The molecular formula is C11H19N3S. The summed E-state index contributed by atoms with van der Waals surface area (Å²) in [6.45, 7) is 5.38. The zero-order chi connectivity index (χ0) is 11.1. The second-order valence-electron chi connectivity index (χ2n) is 3.52. The Morgan fingerprint density at radius 2 is 1.87 bits per heavy atom. The van der Waals surface area contributed by atoms with E-state index in [1.165, 1.54) is 0 Å². The van der Waals surface area contributed by atoms with Crippen LogP contribution in [0.1, 0.15) is 26.7 Å². The molecule has 0 spiro atoms. The van der Waals surface area contributed by atoms with Crippen LogP contribution in [0.25, 0.3) is 0 Å². The Hall–Kier alpha value is -0.770. The van der Waals surface area contributed by atoms with Crippen LogP contribution in [0.15, 0.2) is 18.5 Å². The monoisotopic (exact) mass is 225 g/mol. The summed E-state index contributed by atoms with van der Waals surface area (Å²) in [5.74, 6) is 0.720. The molecule has 1 aromatic heterocycles. The molecule has 15 heavy (non-hydrogen) atoms. The molecular weight excluding hydrogens is 206 g/mol. The highest BCUT2D eigenvalue weighted by atomic mass is 32.2. The van der Waals surface area contributed by atoms with Gasteiger partial charge in [0.15, 0.2) is 0 Å². The molecule has 0 radical (unpaired) electrons. The van der Waals surface area contributed by atoms with Crippen LogP contribution in [-0.4, -0.2) is 27.5 Å². The van der Waals surface area contributed by atoms with Crippen LogP contribution in [0.5, 0.6) is 0 Å². The van der Waals surface area contributed by atoms with Crippen molar-refractivity contribution in [3.8, 4) is 0 Å². The third-order valence-electron chi connectivity index (χ3n) is 2.86. The lowest BCUT2D eigenvalue weighted by atomic mass is 10.0. The topological polar surface area (TPSA) is 37.8 Å². The molecule has 0 aromatic carbocycles. The molecule has 0 atom stereocenters. The fraction of sp³-hybridized carbons (Fsp3) is 0.636. The van der Waals surface area contributed by atoms with Crippen LogP contribution in [0.4, 0.5) is 5.95 Å². The average molecular weight is 225 g/mol. The Balaban J connectivity index is 2.54. The Kier molecular flexibility index (Phi) is 4.88. The third kappa shape index (κ3) is 3.38. The van der Waals surface area contributed by atoms with E-state index in [9.17, 15) is 0 Å². The van der Waals surface area contributed by atoms with Gasteiger partial charge >= 0.3 is 0 Å². The van der Waals surface area contributed by atoms with Gasteiger partial charge in [-0.1, -0.05) is 13.8 Å². The normalized spacial score (nSPS) is 11.4. The van der Waals surface area contributed by atoms with E-state index in [0.29, 0.717) is 4.75 Å². The highest BCUT2D eigenvalue weighted by Crippen LogP contribution is 2.30. The second kappa shape index (κ2) is 5.95. The number of hydrogen-bond acceptors (Lipinski definition) is 4. The van der Waals surface area contributed by atoms with Gasteiger partial charge < -0.3 is 5.32 Å².